The molecule has 2 atom stereocenters. The molecule has 2 fully saturated rings. The Morgan fingerprint density at radius 1 is 1.22 bits per heavy atom. The number of imidazole rings is 1. The van der Waals surface area contributed by atoms with Crippen molar-refractivity contribution in [3.8, 4) is 0 Å². The highest BCUT2D eigenvalue weighted by Crippen LogP contribution is 2.35. The Balaban J connectivity index is 1.57. The molecule has 0 spiro atoms. The third-order valence-corrected chi connectivity index (χ3v) is 4.14. The Labute approximate surface area is 109 Å². The van der Waals surface area contributed by atoms with E-state index in [9.17, 15) is 0 Å². The molecule has 100 valence electrons. The maximum absolute atomic E-state index is 6.18. The van der Waals surface area contributed by atoms with Crippen LogP contribution in [0.15, 0.2) is 12.5 Å². The van der Waals surface area contributed by atoms with Gasteiger partial charge >= 0.3 is 0 Å². The highest BCUT2D eigenvalue weighted by Gasteiger charge is 2.26. The molecule has 2 aliphatic carbocycles. The molecule has 3 rings (SSSR count). The van der Waals surface area contributed by atoms with E-state index in [1.165, 1.54) is 37.8 Å². The lowest BCUT2D eigenvalue weighted by Crippen LogP contribution is -2.35. The summed E-state index contributed by atoms with van der Waals surface area (Å²) in [5, 5.41) is 0. The first-order valence-corrected chi connectivity index (χ1v) is 7.22. The molecule has 0 aromatic carbocycles. The van der Waals surface area contributed by atoms with E-state index < -0.39 is 0 Å². The van der Waals surface area contributed by atoms with Crippen molar-refractivity contribution in [3.05, 3.63) is 18.2 Å². The fourth-order valence-electron chi connectivity index (χ4n) is 2.83. The van der Waals surface area contributed by atoms with Gasteiger partial charge in [0.05, 0.1) is 30.9 Å². The van der Waals surface area contributed by atoms with Crippen LogP contribution in [0.3, 0.4) is 0 Å². The fraction of sp³-hybridized carbons (Fsp3) is 0.786. The maximum Gasteiger partial charge on any atom is 0.0951 e. The van der Waals surface area contributed by atoms with Crippen LogP contribution in [0.5, 0.6) is 0 Å². The van der Waals surface area contributed by atoms with Gasteiger partial charge < -0.3 is 15.0 Å². The summed E-state index contributed by atoms with van der Waals surface area (Å²) in [6.07, 6.45) is 12.7. The van der Waals surface area contributed by atoms with Crippen LogP contribution in [0.2, 0.25) is 0 Å². The van der Waals surface area contributed by atoms with E-state index in [-0.39, 0.29) is 12.1 Å². The number of hydrogen-bond acceptors (Lipinski definition) is 3. The zero-order valence-corrected chi connectivity index (χ0v) is 10.9. The number of ether oxygens (including phenoxy) is 1. The molecule has 1 aromatic heterocycles. The quantitative estimate of drug-likeness (QED) is 0.834. The predicted octanol–water partition coefficient (Wildman–Crippen LogP) is 2.39. The molecule has 4 heteroatoms. The molecule has 0 aliphatic heterocycles. The van der Waals surface area contributed by atoms with Gasteiger partial charge in [0, 0.05) is 12.1 Å². The lowest BCUT2D eigenvalue weighted by atomic mass is 10.1. The summed E-state index contributed by atoms with van der Waals surface area (Å²) in [6, 6.07) is 0.888. The number of nitrogens with zero attached hydrogens (tertiary/aromatic N) is 2. The number of hydrogen-bond donors (Lipinski definition) is 1. The minimum Gasteiger partial charge on any atom is -0.370 e. The molecule has 2 N–H and O–H groups in total. The van der Waals surface area contributed by atoms with Crippen molar-refractivity contribution in [2.75, 3.05) is 0 Å². The minimum atomic E-state index is 0.213. The first kappa shape index (κ1) is 12.2. The Morgan fingerprint density at radius 3 is 2.89 bits per heavy atom. The molecule has 0 saturated heterocycles. The van der Waals surface area contributed by atoms with E-state index in [0.717, 1.165) is 12.8 Å². The lowest BCUT2D eigenvalue weighted by molar-refractivity contribution is 0.0164. The van der Waals surface area contributed by atoms with Gasteiger partial charge in [-0.05, 0) is 25.7 Å². The van der Waals surface area contributed by atoms with E-state index in [4.69, 9.17) is 10.5 Å². The average Bonchev–Trinajstić information content (AvgIpc) is 3.14. The van der Waals surface area contributed by atoms with E-state index in [2.05, 4.69) is 9.55 Å². The smallest absolute Gasteiger partial charge is 0.0951 e. The molecule has 18 heavy (non-hydrogen) atoms. The largest absolute Gasteiger partial charge is 0.370 e. The Hall–Kier alpha value is -0.870. The van der Waals surface area contributed by atoms with Crippen molar-refractivity contribution in [1.82, 2.24) is 9.55 Å². The summed E-state index contributed by atoms with van der Waals surface area (Å²) in [7, 11) is 0. The van der Waals surface area contributed by atoms with Crippen LogP contribution < -0.4 is 5.73 Å². The van der Waals surface area contributed by atoms with E-state index in [0.29, 0.717) is 12.6 Å². The molecule has 4 nitrogen and oxygen atoms in total. The summed E-state index contributed by atoms with van der Waals surface area (Å²) < 4.78 is 8.32. The Kier molecular flexibility index (Phi) is 3.66. The molecular weight excluding hydrogens is 226 g/mol. The maximum atomic E-state index is 6.18. The topological polar surface area (TPSA) is 53.1 Å². The van der Waals surface area contributed by atoms with Crippen molar-refractivity contribution >= 4 is 0 Å². The Bertz CT molecular complexity index is 386. The highest BCUT2D eigenvalue weighted by molar-refractivity contribution is 5.02. The van der Waals surface area contributed by atoms with Gasteiger partial charge in [0.25, 0.3) is 0 Å². The monoisotopic (exact) mass is 249 g/mol. The van der Waals surface area contributed by atoms with Gasteiger partial charge in [0.2, 0.25) is 0 Å². The standard InChI is InChI=1S/C14H23N3O/c15-13-4-2-1-3-5-14(13)18-9-12-8-16-10-17(12)11-6-7-11/h8,10-11,13-14H,1-7,9,15H2. The van der Waals surface area contributed by atoms with Crippen molar-refractivity contribution < 1.29 is 4.74 Å². The first-order valence-electron chi connectivity index (χ1n) is 7.22. The SMILES string of the molecule is NC1CCCCCC1OCc1cncn1C1CC1. The zero-order chi connectivity index (χ0) is 12.4. The number of aromatic nitrogens is 2. The zero-order valence-electron chi connectivity index (χ0n) is 10.9. The molecule has 0 radical (unpaired) electrons. The lowest BCUT2D eigenvalue weighted by Gasteiger charge is -2.22. The second kappa shape index (κ2) is 5.41. The van der Waals surface area contributed by atoms with E-state index in [1.54, 1.807) is 0 Å². The molecule has 0 bridgehead atoms. The van der Waals surface area contributed by atoms with Gasteiger partial charge in [0.1, 0.15) is 0 Å². The van der Waals surface area contributed by atoms with Crippen molar-refractivity contribution in [2.45, 2.75) is 69.7 Å². The second-order valence-electron chi connectivity index (χ2n) is 5.67. The Morgan fingerprint density at radius 2 is 2.06 bits per heavy atom. The van der Waals surface area contributed by atoms with Gasteiger partial charge in [-0.1, -0.05) is 19.3 Å². The predicted molar refractivity (Wildman–Crippen MR) is 70.1 cm³/mol. The molecule has 0 amide bonds. The van der Waals surface area contributed by atoms with Crippen LogP contribution in [0.1, 0.15) is 56.7 Å². The van der Waals surface area contributed by atoms with Crippen molar-refractivity contribution in [1.29, 1.82) is 0 Å². The van der Waals surface area contributed by atoms with Crippen LogP contribution in [0.25, 0.3) is 0 Å². The second-order valence-corrected chi connectivity index (χ2v) is 5.67. The summed E-state index contributed by atoms with van der Waals surface area (Å²) in [6.45, 7) is 0.662. The van der Waals surface area contributed by atoms with Crippen LogP contribution in [-0.4, -0.2) is 21.7 Å². The van der Waals surface area contributed by atoms with Gasteiger partial charge in [0.15, 0.2) is 0 Å². The van der Waals surface area contributed by atoms with Crippen LogP contribution in [0, 0.1) is 0 Å². The van der Waals surface area contributed by atoms with Crippen molar-refractivity contribution in [3.63, 3.8) is 0 Å². The van der Waals surface area contributed by atoms with Crippen molar-refractivity contribution in [2.24, 2.45) is 5.73 Å². The third-order valence-electron chi connectivity index (χ3n) is 4.14. The highest BCUT2D eigenvalue weighted by atomic mass is 16.5. The number of rotatable bonds is 4. The van der Waals surface area contributed by atoms with E-state index >= 15 is 0 Å². The van der Waals surface area contributed by atoms with Crippen LogP contribution in [0.4, 0.5) is 0 Å². The van der Waals surface area contributed by atoms with Gasteiger partial charge in [-0.3, -0.25) is 0 Å². The summed E-state index contributed by atoms with van der Waals surface area (Å²) in [5.74, 6) is 0. The minimum absolute atomic E-state index is 0.213. The molecule has 2 aliphatic rings. The van der Waals surface area contributed by atoms with Gasteiger partial charge in [-0.15, -0.1) is 0 Å². The van der Waals surface area contributed by atoms with Crippen LogP contribution in [-0.2, 0) is 11.3 Å². The molecule has 2 saturated carbocycles. The molecular formula is C14H23N3O. The molecule has 1 heterocycles. The van der Waals surface area contributed by atoms with Crippen LogP contribution >= 0.6 is 0 Å². The van der Waals surface area contributed by atoms with E-state index in [1.807, 2.05) is 12.5 Å². The molecule has 1 aromatic rings. The third kappa shape index (κ3) is 2.75. The average molecular weight is 249 g/mol. The normalized spacial score (nSPS) is 29.2. The molecule has 2 unspecified atom stereocenters. The fourth-order valence-corrected chi connectivity index (χ4v) is 2.83. The number of nitrogens with two attached hydrogens (primary N) is 1. The van der Waals surface area contributed by atoms with Gasteiger partial charge in [-0.25, -0.2) is 4.98 Å². The van der Waals surface area contributed by atoms with Gasteiger partial charge in [-0.2, -0.15) is 0 Å². The summed E-state index contributed by atoms with van der Waals surface area (Å²) in [4.78, 5) is 4.24. The summed E-state index contributed by atoms with van der Waals surface area (Å²) >= 11 is 0. The summed E-state index contributed by atoms with van der Waals surface area (Å²) in [5.41, 5.74) is 7.38. The first-order chi connectivity index (χ1) is 8.84.